The van der Waals surface area contributed by atoms with Crippen LogP contribution in [0.1, 0.15) is 5.56 Å². The topological polar surface area (TPSA) is 22.1 Å². The summed E-state index contributed by atoms with van der Waals surface area (Å²) in [7, 11) is 1.13. The number of nitrogens with zero attached hydrogens (tertiary/aromatic N) is 1. The minimum Gasteiger partial charge on any atom is -0.481 e. The predicted octanol–water partition coefficient (Wildman–Crippen LogP) is 1.91. The zero-order valence-electron chi connectivity index (χ0n) is 6.14. The van der Waals surface area contributed by atoms with Crippen molar-refractivity contribution in [3.8, 4) is 5.88 Å². The first-order valence-corrected chi connectivity index (χ1v) is 3.04. The third-order valence-electron chi connectivity index (χ3n) is 1.22. The van der Waals surface area contributed by atoms with Crippen molar-refractivity contribution in [1.82, 2.24) is 4.98 Å². The Morgan fingerprint density at radius 2 is 2.17 bits per heavy atom. The van der Waals surface area contributed by atoms with E-state index < -0.39 is 17.6 Å². The quantitative estimate of drug-likeness (QED) is 0.652. The van der Waals surface area contributed by atoms with Crippen molar-refractivity contribution in [3.63, 3.8) is 0 Å². The van der Waals surface area contributed by atoms with E-state index in [0.717, 1.165) is 19.2 Å². The second kappa shape index (κ2) is 3.00. The highest BCUT2D eigenvalue weighted by molar-refractivity contribution is 5.27. The molecule has 2 nitrogen and oxygen atoms in total. The number of methoxy groups -OCH3 is 1. The fourth-order valence-electron chi connectivity index (χ4n) is 0.719. The van der Waals surface area contributed by atoms with Gasteiger partial charge in [-0.25, -0.2) is 4.98 Å². The van der Waals surface area contributed by atoms with Gasteiger partial charge in [0.1, 0.15) is 5.56 Å². The molecule has 0 bridgehead atoms. The summed E-state index contributed by atoms with van der Waals surface area (Å²) in [4.78, 5) is 3.30. The van der Waals surface area contributed by atoms with Gasteiger partial charge in [-0.15, -0.1) is 0 Å². The molecule has 0 saturated heterocycles. The van der Waals surface area contributed by atoms with Gasteiger partial charge in [-0.3, -0.25) is 0 Å². The number of alkyl halides is 3. The molecule has 12 heavy (non-hydrogen) atoms. The van der Waals surface area contributed by atoms with E-state index in [-0.39, 0.29) is 0 Å². The van der Waals surface area contributed by atoms with Crippen LogP contribution < -0.4 is 4.74 Å². The zero-order chi connectivity index (χ0) is 9.19. The summed E-state index contributed by atoms with van der Waals surface area (Å²) in [6.07, 6.45) is -2.17. The van der Waals surface area contributed by atoms with Crippen molar-refractivity contribution in [2.45, 2.75) is 6.18 Å². The summed E-state index contributed by atoms with van der Waals surface area (Å²) in [5.41, 5.74) is -0.885. The molecular weight excluding hydrogens is 171 g/mol. The van der Waals surface area contributed by atoms with Gasteiger partial charge in [0, 0.05) is 0 Å². The number of halogens is 3. The van der Waals surface area contributed by atoms with E-state index in [9.17, 15) is 13.2 Å². The molecule has 1 aromatic heterocycles. The van der Waals surface area contributed by atoms with Crippen LogP contribution in [-0.4, -0.2) is 12.1 Å². The minimum absolute atomic E-state index is 0.454. The average molecular weight is 176 g/mol. The molecule has 0 atom stereocenters. The zero-order valence-corrected chi connectivity index (χ0v) is 6.14. The van der Waals surface area contributed by atoms with E-state index in [2.05, 4.69) is 15.9 Å². The Morgan fingerprint density at radius 3 is 2.58 bits per heavy atom. The Balaban J connectivity index is 3.14. The molecule has 0 fully saturated rings. The van der Waals surface area contributed by atoms with Gasteiger partial charge in [-0.1, -0.05) is 0 Å². The SMILES string of the molecule is COc1n[c]ccc1C(F)(F)F. The Kier molecular flexibility index (Phi) is 2.21. The molecule has 65 valence electrons. The molecule has 0 aliphatic heterocycles. The maximum absolute atomic E-state index is 12.1. The highest BCUT2D eigenvalue weighted by Crippen LogP contribution is 2.34. The summed E-state index contributed by atoms with van der Waals surface area (Å²) < 4.78 is 40.7. The highest BCUT2D eigenvalue weighted by Gasteiger charge is 2.34. The van der Waals surface area contributed by atoms with Crippen LogP contribution in [0.5, 0.6) is 5.88 Å². The Labute approximate surface area is 67.0 Å². The van der Waals surface area contributed by atoms with Crippen LogP contribution >= 0.6 is 0 Å². The predicted molar refractivity (Wildman–Crippen MR) is 34.6 cm³/mol. The second-order valence-electron chi connectivity index (χ2n) is 1.99. The maximum Gasteiger partial charge on any atom is 0.421 e. The average Bonchev–Trinajstić information content (AvgIpc) is 2.03. The summed E-state index contributed by atoms with van der Waals surface area (Å²) >= 11 is 0. The van der Waals surface area contributed by atoms with E-state index in [0.29, 0.717) is 0 Å². The largest absolute Gasteiger partial charge is 0.481 e. The molecule has 0 spiro atoms. The molecule has 1 aromatic rings. The van der Waals surface area contributed by atoms with Crippen molar-refractivity contribution < 1.29 is 17.9 Å². The first-order valence-electron chi connectivity index (χ1n) is 3.04. The number of hydrogen-bond acceptors (Lipinski definition) is 2. The van der Waals surface area contributed by atoms with Gasteiger partial charge in [0.25, 0.3) is 0 Å². The first kappa shape index (κ1) is 8.83. The summed E-state index contributed by atoms with van der Waals surface area (Å²) in [5.74, 6) is -0.454. The van der Waals surface area contributed by atoms with E-state index in [1.165, 1.54) is 0 Å². The molecule has 0 unspecified atom stereocenters. The third-order valence-corrected chi connectivity index (χ3v) is 1.22. The Hall–Kier alpha value is -1.26. The van der Waals surface area contributed by atoms with Crippen molar-refractivity contribution >= 4 is 0 Å². The molecule has 0 aliphatic carbocycles. The molecule has 0 amide bonds. The fourth-order valence-corrected chi connectivity index (χ4v) is 0.719. The van der Waals surface area contributed by atoms with Gasteiger partial charge in [-0.2, -0.15) is 13.2 Å². The molecule has 1 heterocycles. The summed E-state index contributed by atoms with van der Waals surface area (Å²) in [6, 6.07) is 1.96. The third kappa shape index (κ3) is 1.66. The Morgan fingerprint density at radius 1 is 1.50 bits per heavy atom. The van der Waals surface area contributed by atoms with Crippen LogP contribution in [0.25, 0.3) is 0 Å². The molecule has 0 N–H and O–H groups in total. The smallest absolute Gasteiger partial charge is 0.421 e. The van der Waals surface area contributed by atoms with Crippen LogP contribution in [-0.2, 0) is 6.18 Å². The van der Waals surface area contributed by atoms with Crippen molar-refractivity contribution in [2.75, 3.05) is 7.11 Å². The lowest BCUT2D eigenvalue weighted by atomic mass is 10.2. The lowest BCUT2D eigenvalue weighted by molar-refractivity contribution is -0.139. The number of ether oxygens (including phenoxy) is 1. The standard InChI is InChI=1S/C7H5F3NO/c1-12-6-5(7(8,9)10)3-2-4-11-6/h2-3H,1H3. The lowest BCUT2D eigenvalue weighted by Crippen LogP contribution is -2.08. The first-order chi connectivity index (χ1) is 5.55. The number of rotatable bonds is 1. The number of pyridine rings is 1. The van der Waals surface area contributed by atoms with Crippen molar-refractivity contribution in [1.29, 1.82) is 0 Å². The lowest BCUT2D eigenvalue weighted by Gasteiger charge is -2.08. The molecule has 5 heteroatoms. The monoisotopic (exact) mass is 176 g/mol. The van der Waals surface area contributed by atoms with Gasteiger partial charge in [0.15, 0.2) is 0 Å². The van der Waals surface area contributed by atoms with Crippen LogP contribution in [0.3, 0.4) is 0 Å². The number of hydrogen-bond donors (Lipinski definition) is 0. The number of aromatic nitrogens is 1. The summed E-state index contributed by atoms with van der Waals surface area (Å²) in [5, 5.41) is 0. The van der Waals surface area contributed by atoms with Crippen molar-refractivity contribution in [3.05, 3.63) is 23.9 Å². The van der Waals surface area contributed by atoms with Crippen LogP contribution in [0, 0.1) is 6.20 Å². The van der Waals surface area contributed by atoms with Crippen LogP contribution in [0.2, 0.25) is 0 Å². The fraction of sp³-hybridized carbons (Fsp3) is 0.286. The molecule has 0 saturated carbocycles. The molecule has 0 aromatic carbocycles. The van der Waals surface area contributed by atoms with E-state index in [4.69, 9.17) is 0 Å². The highest BCUT2D eigenvalue weighted by atomic mass is 19.4. The van der Waals surface area contributed by atoms with Crippen LogP contribution in [0.4, 0.5) is 13.2 Å². The summed E-state index contributed by atoms with van der Waals surface area (Å²) in [6.45, 7) is 0. The van der Waals surface area contributed by atoms with E-state index >= 15 is 0 Å². The van der Waals surface area contributed by atoms with Gasteiger partial charge >= 0.3 is 6.18 Å². The minimum atomic E-state index is -4.42. The normalized spacial score (nSPS) is 11.3. The molecule has 0 aliphatic rings. The van der Waals surface area contributed by atoms with E-state index in [1.807, 2.05) is 0 Å². The van der Waals surface area contributed by atoms with Gasteiger partial charge in [-0.05, 0) is 12.1 Å². The van der Waals surface area contributed by atoms with Gasteiger partial charge in [0.2, 0.25) is 5.88 Å². The second-order valence-corrected chi connectivity index (χ2v) is 1.99. The Bertz CT molecular complexity index is 272. The van der Waals surface area contributed by atoms with Crippen LogP contribution in [0.15, 0.2) is 12.1 Å². The molecular formula is C7H5F3NO. The molecule has 1 radical (unpaired) electrons. The molecule has 1 rings (SSSR count). The van der Waals surface area contributed by atoms with Gasteiger partial charge in [0.05, 0.1) is 13.3 Å². The van der Waals surface area contributed by atoms with Crippen molar-refractivity contribution in [2.24, 2.45) is 0 Å². The van der Waals surface area contributed by atoms with E-state index in [1.54, 1.807) is 0 Å². The van der Waals surface area contributed by atoms with Gasteiger partial charge < -0.3 is 4.74 Å². The maximum atomic E-state index is 12.1.